The number of rotatable bonds is 4. The van der Waals surface area contributed by atoms with E-state index in [-0.39, 0.29) is 11.8 Å². The average Bonchev–Trinajstić information content (AvgIpc) is 2.89. The van der Waals surface area contributed by atoms with Crippen molar-refractivity contribution < 1.29 is 9.53 Å². The highest BCUT2D eigenvalue weighted by atomic mass is 16.5. The van der Waals surface area contributed by atoms with E-state index in [1.54, 1.807) is 0 Å². The summed E-state index contributed by atoms with van der Waals surface area (Å²) in [6.07, 6.45) is 6.22. The van der Waals surface area contributed by atoms with Crippen LogP contribution < -0.4 is 5.73 Å². The first-order valence-corrected chi connectivity index (χ1v) is 6.88. The molecule has 1 saturated carbocycles. The molecular formula is C13H24N2O2. The van der Waals surface area contributed by atoms with E-state index < -0.39 is 0 Å². The molecule has 2 N–H and O–H groups in total. The van der Waals surface area contributed by atoms with E-state index in [0.29, 0.717) is 19.8 Å². The largest absolute Gasteiger partial charge is 0.378 e. The van der Waals surface area contributed by atoms with Crippen LogP contribution in [0.3, 0.4) is 0 Å². The van der Waals surface area contributed by atoms with Gasteiger partial charge in [0.25, 0.3) is 0 Å². The predicted octanol–water partition coefficient (Wildman–Crippen LogP) is 1.00. The van der Waals surface area contributed by atoms with Crippen molar-refractivity contribution in [3.05, 3.63) is 0 Å². The number of nitrogens with zero attached hydrogens (tertiary/aromatic N) is 1. The first-order valence-electron chi connectivity index (χ1n) is 6.88. The third-order valence-corrected chi connectivity index (χ3v) is 4.05. The van der Waals surface area contributed by atoms with Gasteiger partial charge in [-0.1, -0.05) is 25.7 Å². The maximum Gasteiger partial charge on any atom is 0.227 e. The van der Waals surface area contributed by atoms with Crippen molar-refractivity contribution in [3.8, 4) is 0 Å². The van der Waals surface area contributed by atoms with Crippen LogP contribution in [0, 0.1) is 11.8 Å². The Morgan fingerprint density at radius 1 is 1.29 bits per heavy atom. The molecule has 17 heavy (non-hydrogen) atoms. The highest BCUT2D eigenvalue weighted by Crippen LogP contribution is 2.30. The fourth-order valence-corrected chi connectivity index (χ4v) is 2.99. The van der Waals surface area contributed by atoms with Crippen LogP contribution in [0.1, 0.15) is 32.1 Å². The fourth-order valence-electron chi connectivity index (χ4n) is 2.99. The minimum atomic E-state index is 0.0381. The Balaban J connectivity index is 1.84. The van der Waals surface area contributed by atoms with Gasteiger partial charge < -0.3 is 15.4 Å². The fraction of sp³-hybridized carbons (Fsp3) is 0.923. The molecule has 2 fully saturated rings. The summed E-state index contributed by atoms with van der Waals surface area (Å²) in [5.74, 6) is 1.02. The lowest BCUT2D eigenvalue weighted by Crippen LogP contribution is -2.45. The van der Waals surface area contributed by atoms with Gasteiger partial charge in [0, 0.05) is 19.6 Å². The molecule has 0 aromatic rings. The molecule has 0 aromatic carbocycles. The van der Waals surface area contributed by atoms with Gasteiger partial charge >= 0.3 is 0 Å². The number of carbonyl (C=O) groups excluding carboxylic acids is 1. The maximum absolute atomic E-state index is 12.3. The van der Waals surface area contributed by atoms with E-state index in [1.165, 1.54) is 25.7 Å². The number of hydrogen-bond donors (Lipinski definition) is 1. The zero-order valence-electron chi connectivity index (χ0n) is 10.6. The Morgan fingerprint density at radius 2 is 1.94 bits per heavy atom. The molecule has 4 heteroatoms. The minimum absolute atomic E-state index is 0.0381. The van der Waals surface area contributed by atoms with Crippen LogP contribution in [0.2, 0.25) is 0 Å². The molecule has 1 aliphatic carbocycles. The molecule has 98 valence electrons. The zero-order valence-corrected chi connectivity index (χ0v) is 10.6. The smallest absolute Gasteiger partial charge is 0.227 e. The summed E-state index contributed by atoms with van der Waals surface area (Å²) in [6, 6.07) is 0. The molecule has 0 spiro atoms. The Morgan fingerprint density at radius 3 is 2.53 bits per heavy atom. The molecule has 0 aromatic heterocycles. The Bertz CT molecular complexity index is 246. The summed E-state index contributed by atoms with van der Waals surface area (Å²) in [5, 5.41) is 0. The van der Waals surface area contributed by atoms with Gasteiger partial charge in [0.1, 0.15) is 0 Å². The average molecular weight is 240 g/mol. The van der Waals surface area contributed by atoms with Crippen LogP contribution in [0.25, 0.3) is 0 Å². The standard InChI is InChI=1S/C13H24N2O2/c14-10-12(9-11-3-1-2-4-11)13(16)15-5-7-17-8-6-15/h11-12H,1-10,14H2. The van der Waals surface area contributed by atoms with Crippen LogP contribution in [-0.2, 0) is 9.53 Å². The first-order chi connectivity index (χ1) is 8.31. The Kier molecular flexibility index (Phi) is 4.80. The second-order valence-corrected chi connectivity index (χ2v) is 5.26. The van der Waals surface area contributed by atoms with Crippen LogP contribution in [0.15, 0.2) is 0 Å². The molecule has 1 saturated heterocycles. The quantitative estimate of drug-likeness (QED) is 0.797. The number of morpholine rings is 1. The van der Waals surface area contributed by atoms with Crippen molar-refractivity contribution in [1.29, 1.82) is 0 Å². The molecular weight excluding hydrogens is 216 g/mol. The van der Waals surface area contributed by atoms with E-state index in [9.17, 15) is 4.79 Å². The lowest BCUT2D eigenvalue weighted by molar-refractivity contribution is -0.139. The summed E-state index contributed by atoms with van der Waals surface area (Å²) in [7, 11) is 0. The monoisotopic (exact) mass is 240 g/mol. The molecule has 2 aliphatic rings. The van der Waals surface area contributed by atoms with Crippen molar-refractivity contribution in [3.63, 3.8) is 0 Å². The minimum Gasteiger partial charge on any atom is -0.378 e. The van der Waals surface area contributed by atoms with E-state index in [2.05, 4.69) is 0 Å². The molecule has 1 unspecified atom stereocenters. The van der Waals surface area contributed by atoms with E-state index in [1.807, 2.05) is 4.90 Å². The summed E-state index contributed by atoms with van der Waals surface area (Å²) in [6.45, 7) is 3.31. The lowest BCUT2D eigenvalue weighted by atomic mass is 9.92. The molecule has 1 atom stereocenters. The Hall–Kier alpha value is -0.610. The second kappa shape index (κ2) is 6.36. The van der Waals surface area contributed by atoms with Crippen molar-refractivity contribution >= 4 is 5.91 Å². The number of hydrogen-bond acceptors (Lipinski definition) is 3. The molecule has 1 aliphatic heterocycles. The summed E-state index contributed by atoms with van der Waals surface area (Å²) < 4.78 is 5.27. The highest BCUT2D eigenvalue weighted by molar-refractivity contribution is 5.79. The van der Waals surface area contributed by atoms with E-state index in [0.717, 1.165) is 25.4 Å². The maximum atomic E-state index is 12.3. The van der Waals surface area contributed by atoms with Crippen molar-refractivity contribution in [1.82, 2.24) is 4.90 Å². The van der Waals surface area contributed by atoms with Gasteiger partial charge in [-0.15, -0.1) is 0 Å². The van der Waals surface area contributed by atoms with Crippen LogP contribution in [0.4, 0.5) is 0 Å². The van der Waals surface area contributed by atoms with Crippen LogP contribution in [-0.4, -0.2) is 43.7 Å². The molecule has 4 nitrogen and oxygen atoms in total. The summed E-state index contributed by atoms with van der Waals surface area (Å²) >= 11 is 0. The zero-order chi connectivity index (χ0) is 12.1. The number of amides is 1. The van der Waals surface area contributed by atoms with Gasteiger partial charge in [0.15, 0.2) is 0 Å². The number of nitrogens with two attached hydrogens (primary N) is 1. The third-order valence-electron chi connectivity index (χ3n) is 4.05. The van der Waals surface area contributed by atoms with Gasteiger partial charge in [0.05, 0.1) is 19.1 Å². The highest BCUT2D eigenvalue weighted by Gasteiger charge is 2.28. The van der Waals surface area contributed by atoms with Crippen LogP contribution in [0.5, 0.6) is 0 Å². The van der Waals surface area contributed by atoms with Gasteiger partial charge in [-0.25, -0.2) is 0 Å². The first kappa shape index (κ1) is 12.8. The lowest BCUT2D eigenvalue weighted by Gasteiger charge is -2.30. The van der Waals surface area contributed by atoms with Crippen molar-refractivity contribution in [2.45, 2.75) is 32.1 Å². The number of ether oxygens (including phenoxy) is 1. The normalized spacial score (nSPS) is 23.9. The molecule has 1 amide bonds. The number of carbonyl (C=O) groups is 1. The molecule has 2 rings (SSSR count). The molecule has 1 heterocycles. The molecule has 0 radical (unpaired) electrons. The van der Waals surface area contributed by atoms with Gasteiger partial charge in [0.2, 0.25) is 5.91 Å². The second-order valence-electron chi connectivity index (χ2n) is 5.26. The predicted molar refractivity (Wildman–Crippen MR) is 66.5 cm³/mol. The SMILES string of the molecule is NCC(CC1CCCC1)C(=O)N1CCOCC1. The van der Waals surface area contributed by atoms with Crippen LogP contribution >= 0.6 is 0 Å². The van der Waals surface area contributed by atoms with E-state index in [4.69, 9.17) is 10.5 Å². The van der Waals surface area contributed by atoms with Crippen molar-refractivity contribution in [2.75, 3.05) is 32.8 Å². The van der Waals surface area contributed by atoms with Gasteiger partial charge in [-0.2, -0.15) is 0 Å². The van der Waals surface area contributed by atoms with Gasteiger partial charge in [-0.05, 0) is 12.3 Å². The Labute approximate surface area is 103 Å². The van der Waals surface area contributed by atoms with Crippen molar-refractivity contribution in [2.24, 2.45) is 17.6 Å². The third kappa shape index (κ3) is 3.42. The topological polar surface area (TPSA) is 55.6 Å². The summed E-state index contributed by atoms with van der Waals surface area (Å²) in [4.78, 5) is 14.2. The summed E-state index contributed by atoms with van der Waals surface area (Å²) in [5.41, 5.74) is 5.78. The molecule has 0 bridgehead atoms. The van der Waals surface area contributed by atoms with Gasteiger partial charge in [-0.3, -0.25) is 4.79 Å². The van der Waals surface area contributed by atoms with E-state index >= 15 is 0 Å².